The van der Waals surface area contributed by atoms with Crippen LogP contribution in [0.5, 0.6) is 0 Å². The quantitative estimate of drug-likeness (QED) is 0.557. The summed E-state index contributed by atoms with van der Waals surface area (Å²) in [5.41, 5.74) is 0. The number of piperidine rings is 1. The van der Waals surface area contributed by atoms with Crippen molar-refractivity contribution in [2.45, 2.75) is 25.3 Å². The van der Waals surface area contributed by atoms with Crippen molar-refractivity contribution in [3.8, 4) is 0 Å². The molecule has 0 bridgehead atoms. The number of aliphatic hydroxyl groups excluding tert-OH is 1. The van der Waals surface area contributed by atoms with Crippen molar-refractivity contribution in [1.82, 2.24) is 10.6 Å². The van der Waals surface area contributed by atoms with Gasteiger partial charge in [-0.15, -0.1) is 0 Å². The molecule has 0 amide bonds. The summed E-state index contributed by atoms with van der Waals surface area (Å²) in [4.78, 5) is 0. The summed E-state index contributed by atoms with van der Waals surface area (Å²) in [6, 6.07) is 0.489. The lowest BCUT2D eigenvalue weighted by Crippen LogP contribution is -2.43. The van der Waals surface area contributed by atoms with E-state index in [1.54, 1.807) is 0 Å². The predicted molar refractivity (Wildman–Crippen MR) is 50.1 cm³/mol. The molecule has 0 spiro atoms. The standard InChI is InChI=1S/C9H20N2O/c1-10-9(4-6-12)8-3-2-5-11-7-8/h8-12H,2-7H2,1H3/t8-,9-/m1/s1. The lowest BCUT2D eigenvalue weighted by Gasteiger charge is -2.30. The van der Waals surface area contributed by atoms with E-state index in [1.165, 1.54) is 12.8 Å². The van der Waals surface area contributed by atoms with Crippen molar-refractivity contribution in [3.63, 3.8) is 0 Å². The van der Waals surface area contributed by atoms with Crippen LogP contribution < -0.4 is 10.6 Å². The Morgan fingerprint density at radius 1 is 1.67 bits per heavy atom. The van der Waals surface area contributed by atoms with Crippen LogP contribution in [0.2, 0.25) is 0 Å². The number of rotatable bonds is 4. The van der Waals surface area contributed by atoms with E-state index < -0.39 is 0 Å². The molecular weight excluding hydrogens is 152 g/mol. The van der Waals surface area contributed by atoms with Crippen LogP contribution in [0.1, 0.15) is 19.3 Å². The molecular formula is C9H20N2O. The second kappa shape index (κ2) is 5.51. The minimum Gasteiger partial charge on any atom is -0.396 e. The van der Waals surface area contributed by atoms with Gasteiger partial charge in [-0.25, -0.2) is 0 Å². The molecule has 2 atom stereocenters. The summed E-state index contributed by atoms with van der Waals surface area (Å²) in [6.45, 7) is 2.56. The van der Waals surface area contributed by atoms with Crippen molar-refractivity contribution in [3.05, 3.63) is 0 Å². The first-order chi connectivity index (χ1) is 5.88. The zero-order valence-electron chi connectivity index (χ0n) is 7.84. The zero-order chi connectivity index (χ0) is 8.81. The summed E-state index contributed by atoms with van der Waals surface area (Å²) in [5.74, 6) is 0.705. The minimum absolute atomic E-state index is 0.294. The summed E-state index contributed by atoms with van der Waals surface area (Å²) in [6.07, 6.45) is 3.44. The largest absolute Gasteiger partial charge is 0.396 e. The summed E-state index contributed by atoms with van der Waals surface area (Å²) >= 11 is 0. The van der Waals surface area contributed by atoms with E-state index in [0.29, 0.717) is 18.6 Å². The molecule has 1 saturated heterocycles. The SMILES string of the molecule is CN[C@H](CCO)[C@@H]1CCCNC1. The maximum Gasteiger partial charge on any atom is 0.0445 e. The molecule has 0 aromatic rings. The Bertz CT molecular complexity index is 110. The Labute approximate surface area is 74.5 Å². The van der Waals surface area contributed by atoms with Gasteiger partial charge in [-0.3, -0.25) is 0 Å². The van der Waals surface area contributed by atoms with Gasteiger partial charge in [0.2, 0.25) is 0 Å². The van der Waals surface area contributed by atoms with Crippen LogP contribution in [0, 0.1) is 5.92 Å². The van der Waals surface area contributed by atoms with Crippen LogP contribution in [-0.4, -0.2) is 37.9 Å². The molecule has 0 aromatic carbocycles. The van der Waals surface area contributed by atoms with E-state index >= 15 is 0 Å². The van der Waals surface area contributed by atoms with Crippen molar-refractivity contribution in [2.75, 3.05) is 26.7 Å². The summed E-state index contributed by atoms with van der Waals surface area (Å²) in [5, 5.41) is 15.5. The fraction of sp³-hybridized carbons (Fsp3) is 1.00. The smallest absolute Gasteiger partial charge is 0.0445 e. The third kappa shape index (κ3) is 2.73. The third-order valence-corrected chi connectivity index (χ3v) is 2.71. The van der Waals surface area contributed by atoms with Gasteiger partial charge in [-0.05, 0) is 45.3 Å². The highest BCUT2D eigenvalue weighted by molar-refractivity contribution is 4.79. The van der Waals surface area contributed by atoms with Gasteiger partial charge in [-0.1, -0.05) is 0 Å². The van der Waals surface area contributed by atoms with Crippen molar-refractivity contribution in [1.29, 1.82) is 0 Å². The number of nitrogens with one attached hydrogen (secondary N) is 2. The average molecular weight is 172 g/mol. The van der Waals surface area contributed by atoms with Crippen molar-refractivity contribution < 1.29 is 5.11 Å². The first kappa shape index (κ1) is 9.96. The van der Waals surface area contributed by atoms with Gasteiger partial charge in [0.1, 0.15) is 0 Å². The van der Waals surface area contributed by atoms with Gasteiger partial charge in [0.15, 0.2) is 0 Å². The van der Waals surface area contributed by atoms with Crippen LogP contribution in [-0.2, 0) is 0 Å². The Hall–Kier alpha value is -0.120. The topological polar surface area (TPSA) is 44.3 Å². The van der Waals surface area contributed by atoms with Crippen LogP contribution in [0.3, 0.4) is 0 Å². The van der Waals surface area contributed by atoms with Crippen LogP contribution in [0.15, 0.2) is 0 Å². The maximum absolute atomic E-state index is 8.84. The molecule has 1 aliphatic heterocycles. The fourth-order valence-corrected chi connectivity index (χ4v) is 1.98. The Kier molecular flexibility index (Phi) is 4.58. The van der Waals surface area contributed by atoms with Gasteiger partial charge >= 0.3 is 0 Å². The van der Waals surface area contributed by atoms with Gasteiger partial charge in [0.25, 0.3) is 0 Å². The highest BCUT2D eigenvalue weighted by atomic mass is 16.3. The average Bonchev–Trinajstić information content (AvgIpc) is 2.15. The highest BCUT2D eigenvalue weighted by Crippen LogP contribution is 2.16. The van der Waals surface area contributed by atoms with E-state index in [-0.39, 0.29) is 0 Å². The molecule has 3 heteroatoms. The van der Waals surface area contributed by atoms with E-state index in [4.69, 9.17) is 5.11 Å². The van der Waals surface area contributed by atoms with E-state index in [0.717, 1.165) is 19.5 Å². The Balaban J connectivity index is 2.29. The molecule has 0 radical (unpaired) electrons. The first-order valence-corrected chi connectivity index (χ1v) is 4.87. The maximum atomic E-state index is 8.84. The molecule has 0 unspecified atom stereocenters. The van der Waals surface area contributed by atoms with E-state index in [2.05, 4.69) is 10.6 Å². The molecule has 3 nitrogen and oxygen atoms in total. The molecule has 0 aromatic heterocycles. The van der Waals surface area contributed by atoms with Crippen LogP contribution in [0.4, 0.5) is 0 Å². The van der Waals surface area contributed by atoms with Crippen LogP contribution in [0.25, 0.3) is 0 Å². The van der Waals surface area contributed by atoms with E-state index in [9.17, 15) is 0 Å². The molecule has 1 heterocycles. The van der Waals surface area contributed by atoms with E-state index in [1.807, 2.05) is 7.05 Å². The van der Waals surface area contributed by atoms with Crippen molar-refractivity contribution in [2.24, 2.45) is 5.92 Å². The lowest BCUT2D eigenvalue weighted by molar-refractivity contribution is 0.220. The second-order valence-electron chi connectivity index (χ2n) is 3.51. The second-order valence-corrected chi connectivity index (χ2v) is 3.51. The minimum atomic E-state index is 0.294. The number of aliphatic hydroxyl groups is 1. The number of hydrogen-bond donors (Lipinski definition) is 3. The first-order valence-electron chi connectivity index (χ1n) is 4.87. The van der Waals surface area contributed by atoms with Gasteiger partial charge < -0.3 is 15.7 Å². The molecule has 1 fully saturated rings. The zero-order valence-corrected chi connectivity index (χ0v) is 7.84. The summed E-state index contributed by atoms with van der Waals surface area (Å²) < 4.78 is 0. The van der Waals surface area contributed by atoms with Crippen molar-refractivity contribution >= 4 is 0 Å². The van der Waals surface area contributed by atoms with Gasteiger partial charge in [0, 0.05) is 12.6 Å². The lowest BCUT2D eigenvalue weighted by atomic mass is 9.90. The fourth-order valence-electron chi connectivity index (χ4n) is 1.98. The van der Waals surface area contributed by atoms with Gasteiger partial charge in [0.05, 0.1) is 0 Å². The Morgan fingerprint density at radius 2 is 2.50 bits per heavy atom. The summed E-state index contributed by atoms with van der Waals surface area (Å²) in [7, 11) is 1.98. The molecule has 3 N–H and O–H groups in total. The normalized spacial score (nSPS) is 27.0. The molecule has 12 heavy (non-hydrogen) atoms. The molecule has 1 rings (SSSR count). The molecule has 0 aliphatic carbocycles. The highest BCUT2D eigenvalue weighted by Gasteiger charge is 2.21. The predicted octanol–water partition coefficient (Wildman–Crippen LogP) is -0.0436. The van der Waals surface area contributed by atoms with Crippen LogP contribution >= 0.6 is 0 Å². The van der Waals surface area contributed by atoms with Gasteiger partial charge in [-0.2, -0.15) is 0 Å². The molecule has 72 valence electrons. The molecule has 0 saturated carbocycles. The monoisotopic (exact) mass is 172 g/mol. The third-order valence-electron chi connectivity index (χ3n) is 2.71. The number of hydrogen-bond acceptors (Lipinski definition) is 3. The molecule has 1 aliphatic rings. The Morgan fingerprint density at radius 3 is 3.00 bits per heavy atom.